The quantitative estimate of drug-likeness (QED) is 0.314. The summed E-state index contributed by atoms with van der Waals surface area (Å²) in [6.45, 7) is 2.38. The number of amides is 4. The van der Waals surface area contributed by atoms with E-state index in [9.17, 15) is 19.2 Å². The van der Waals surface area contributed by atoms with Gasteiger partial charge in [-0.2, -0.15) is 11.8 Å². The van der Waals surface area contributed by atoms with Crippen molar-refractivity contribution in [3.8, 4) is 11.5 Å². The Morgan fingerprint density at radius 3 is 2.45 bits per heavy atom. The molecule has 1 atom stereocenters. The van der Waals surface area contributed by atoms with Crippen molar-refractivity contribution in [1.29, 1.82) is 0 Å². The fourth-order valence-corrected chi connectivity index (χ4v) is 6.99. The van der Waals surface area contributed by atoms with Gasteiger partial charge in [-0.15, -0.1) is 0 Å². The average Bonchev–Trinajstić information content (AvgIpc) is 3.77. The number of benzene rings is 1. The van der Waals surface area contributed by atoms with Crippen molar-refractivity contribution in [3.05, 3.63) is 53.6 Å². The first-order valence-corrected chi connectivity index (χ1v) is 16.9. The van der Waals surface area contributed by atoms with Crippen molar-refractivity contribution < 1.29 is 28.7 Å². The van der Waals surface area contributed by atoms with E-state index in [4.69, 9.17) is 9.47 Å². The highest BCUT2D eigenvalue weighted by atomic mass is 32.2. The number of carbonyl (C=O) groups excluding carboxylic acids is 4. The molecule has 14 heteroatoms. The van der Waals surface area contributed by atoms with Gasteiger partial charge in [0.15, 0.2) is 11.5 Å². The molecule has 2 N–H and O–H groups in total. The maximum atomic E-state index is 13.1. The van der Waals surface area contributed by atoms with Crippen molar-refractivity contribution in [2.45, 2.75) is 31.7 Å². The van der Waals surface area contributed by atoms with Crippen LogP contribution in [-0.2, 0) is 18.9 Å². The van der Waals surface area contributed by atoms with E-state index < -0.39 is 0 Å². The Morgan fingerprint density at radius 2 is 1.68 bits per heavy atom. The minimum atomic E-state index is -0.360. The van der Waals surface area contributed by atoms with Crippen LogP contribution in [-0.4, -0.2) is 99.7 Å². The number of ether oxygens (including phenoxy) is 2. The Kier molecular flexibility index (Phi) is 9.57. The number of fused-ring (bicyclic) bond motifs is 2. The van der Waals surface area contributed by atoms with Crippen LogP contribution in [0.25, 0.3) is 0 Å². The van der Waals surface area contributed by atoms with Crippen molar-refractivity contribution >= 4 is 58.7 Å². The summed E-state index contributed by atoms with van der Waals surface area (Å²) in [6, 6.07) is 6.69. The summed E-state index contributed by atoms with van der Waals surface area (Å²) in [5.74, 6) is 2.04. The zero-order valence-electron chi connectivity index (χ0n) is 26.8. The van der Waals surface area contributed by atoms with Crippen LogP contribution >= 0.6 is 11.8 Å². The molecule has 0 radical (unpaired) electrons. The molecule has 0 bridgehead atoms. The maximum absolute atomic E-state index is 13.1. The van der Waals surface area contributed by atoms with E-state index in [1.54, 1.807) is 59.9 Å². The lowest BCUT2D eigenvalue weighted by atomic mass is 10.1. The van der Waals surface area contributed by atoms with E-state index in [-0.39, 0.29) is 42.7 Å². The lowest BCUT2D eigenvalue weighted by Gasteiger charge is -2.26. The van der Waals surface area contributed by atoms with Crippen LogP contribution in [0.2, 0.25) is 0 Å². The van der Waals surface area contributed by atoms with Crippen LogP contribution in [0.1, 0.15) is 57.0 Å². The largest absolute Gasteiger partial charge is 0.493 e. The summed E-state index contributed by atoms with van der Waals surface area (Å²) in [4.78, 5) is 60.1. The van der Waals surface area contributed by atoms with Crippen LogP contribution in [0.5, 0.6) is 11.5 Å². The molecule has 4 amide bonds. The molecule has 2 saturated heterocycles. The summed E-state index contributed by atoms with van der Waals surface area (Å²) in [6.07, 6.45) is 7.69. The fourth-order valence-electron chi connectivity index (χ4n) is 6.09. The molecule has 13 nitrogen and oxygen atoms in total. The van der Waals surface area contributed by atoms with Gasteiger partial charge >= 0.3 is 0 Å². The van der Waals surface area contributed by atoms with E-state index in [0.717, 1.165) is 24.3 Å². The highest BCUT2D eigenvalue weighted by Gasteiger charge is 2.32. The van der Waals surface area contributed by atoms with E-state index in [1.165, 1.54) is 7.11 Å². The summed E-state index contributed by atoms with van der Waals surface area (Å²) in [7, 11) is 5.03. The Hall–Kier alpha value is -4.72. The van der Waals surface area contributed by atoms with Gasteiger partial charge in [0, 0.05) is 76.3 Å². The number of hydrogen-bond acceptors (Lipinski definition) is 8. The van der Waals surface area contributed by atoms with Crippen molar-refractivity contribution in [1.82, 2.24) is 18.9 Å². The van der Waals surface area contributed by atoms with E-state index in [2.05, 4.69) is 15.6 Å². The zero-order chi connectivity index (χ0) is 33.1. The second kappa shape index (κ2) is 14.0. The number of anilines is 2. The molecule has 3 aliphatic rings. The number of methoxy groups -OCH3 is 1. The summed E-state index contributed by atoms with van der Waals surface area (Å²) in [5.41, 5.74) is 2.90. The highest BCUT2D eigenvalue weighted by molar-refractivity contribution is 7.99. The SMILES string of the molecule is COc1cc2c(cc1OCCCC(=O)Nc1cc(C(=O)Nc3cc(C(=O)N4CCSCC4)n(C)c3)n(C)c1)N=C[C@@H]1CCCN1C2=O. The monoisotopic (exact) mass is 661 g/mol. The summed E-state index contributed by atoms with van der Waals surface area (Å²) >= 11 is 1.84. The van der Waals surface area contributed by atoms with Crippen LogP contribution in [0.15, 0.2) is 41.7 Å². The van der Waals surface area contributed by atoms with Gasteiger partial charge in [0.25, 0.3) is 17.7 Å². The molecule has 1 aromatic carbocycles. The zero-order valence-corrected chi connectivity index (χ0v) is 27.6. The third-order valence-electron chi connectivity index (χ3n) is 8.57. The summed E-state index contributed by atoms with van der Waals surface area (Å²) in [5, 5.41) is 5.70. The molecule has 0 aliphatic carbocycles. The Balaban J connectivity index is 1.00. The molecule has 0 saturated carbocycles. The molecule has 3 aromatic rings. The first-order valence-electron chi connectivity index (χ1n) is 15.7. The smallest absolute Gasteiger partial charge is 0.272 e. The van der Waals surface area contributed by atoms with E-state index in [0.29, 0.717) is 71.6 Å². The average molecular weight is 662 g/mol. The highest BCUT2D eigenvalue weighted by Crippen LogP contribution is 2.38. The predicted molar refractivity (Wildman–Crippen MR) is 181 cm³/mol. The molecular weight excluding hydrogens is 622 g/mol. The number of aliphatic imine (C=N–C) groups is 1. The van der Waals surface area contributed by atoms with Gasteiger partial charge in [0.1, 0.15) is 11.4 Å². The minimum absolute atomic E-state index is 0.0106. The molecule has 3 aliphatic heterocycles. The molecule has 0 unspecified atom stereocenters. The Bertz CT molecular complexity index is 1720. The standard InChI is InChI=1S/C33H39N7O6S/c1-37-19-21(14-26(37)31(42)36-22-15-27(38(2)20-22)33(44)39-9-12-47-13-10-39)35-30(41)7-5-11-46-29-17-25-24(16-28(29)45-3)32(43)40-8-4-6-23(40)18-34-25/h14-20,23H,4-13H2,1-3H3,(H,35,41)(H,36,42)/t23-/m0/s1. The van der Waals surface area contributed by atoms with Crippen LogP contribution in [0.3, 0.4) is 0 Å². The number of thioether (sulfide) groups is 1. The number of rotatable bonds is 10. The topological polar surface area (TPSA) is 139 Å². The second-order valence-electron chi connectivity index (χ2n) is 11.8. The normalized spacial score (nSPS) is 17.2. The van der Waals surface area contributed by atoms with Crippen LogP contribution < -0.4 is 20.1 Å². The third kappa shape index (κ3) is 7.02. The number of aryl methyl sites for hydroxylation is 2. The van der Waals surface area contributed by atoms with Gasteiger partial charge in [0.05, 0.1) is 42.4 Å². The first kappa shape index (κ1) is 32.2. The second-order valence-corrected chi connectivity index (χ2v) is 13.0. The number of nitrogens with one attached hydrogen (secondary N) is 2. The number of aromatic nitrogens is 2. The molecule has 248 valence electrons. The van der Waals surface area contributed by atoms with Gasteiger partial charge in [0.2, 0.25) is 5.91 Å². The third-order valence-corrected chi connectivity index (χ3v) is 9.51. The molecule has 6 rings (SSSR count). The lowest BCUT2D eigenvalue weighted by Crippen LogP contribution is -2.38. The number of hydrogen-bond donors (Lipinski definition) is 2. The predicted octanol–water partition coefficient (Wildman–Crippen LogP) is 3.93. The number of nitrogens with zero attached hydrogens (tertiary/aromatic N) is 5. The van der Waals surface area contributed by atoms with Crippen LogP contribution in [0, 0.1) is 0 Å². The van der Waals surface area contributed by atoms with Crippen LogP contribution in [0.4, 0.5) is 17.1 Å². The van der Waals surface area contributed by atoms with Crippen molar-refractivity contribution in [2.75, 3.05) is 55.5 Å². The first-order chi connectivity index (χ1) is 22.7. The molecule has 0 spiro atoms. The Morgan fingerprint density at radius 1 is 0.957 bits per heavy atom. The molecular formula is C33H39N7O6S. The summed E-state index contributed by atoms with van der Waals surface area (Å²) < 4.78 is 14.8. The molecule has 47 heavy (non-hydrogen) atoms. The van der Waals surface area contributed by atoms with Gasteiger partial charge in [-0.05, 0) is 37.5 Å². The van der Waals surface area contributed by atoms with Crippen molar-refractivity contribution in [3.63, 3.8) is 0 Å². The molecule has 5 heterocycles. The maximum Gasteiger partial charge on any atom is 0.272 e. The minimum Gasteiger partial charge on any atom is -0.493 e. The van der Waals surface area contributed by atoms with E-state index >= 15 is 0 Å². The number of carbonyl (C=O) groups is 4. The molecule has 2 aromatic heterocycles. The van der Waals surface area contributed by atoms with Gasteiger partial charge in [-0.25, -0.2) is 0 Å². The van der Waals surface area contributed by atoms with Gasteiger partial charge in [-0.1, -0.05) is 0 Å². The molecule has 2 fully saturated rings. The Labute approximate surface area is 277 Å². The van der Waals surface area contributed by atoms with Gasteiger partial charge in [-0.3, -0.25) is 24.2 Å². The van der Waals surface area contributed by atoms with Gasteiger partial charge < -0.3 is 39.0 Å². The van der Waals surface area contributed by atoms with E-state index in [1.807, 2.05) is 27.8 Å². The fraction of sp³-hybridized carbons (Fsp3) is 0.424. The lowest BCUT2D eigenvalue weighted by molar-refractivity contribution is -0.116. The van der Waals surface area contributed by atoms with Crippen molar-refractivity contribution in [2.24, 2.45) is 19.1 Å².